The van der Waals surface area contributed by atoms with E-state index in [1.807, 2.05) is 19.1 Å². The van der Waals surface area contributed by atoms with Gasteiger partial charge in [0, 0.05) is 11.8 Å². The Kier molecular flexibility index (Phi) is 4.84. The standard InChI is InChI=1S/C20H18N2O4/c1-13-5-8-16(9-6-13)22-18(23)12-17(20(22)26)21-15-4-2-3-14(11-15)7-10-19(24)25/h2-11,17,21H,12H2,1H3,(H,24,25)/b10-7+. The summed E-state index contributed by atoms with van der Waals surface area (Å²) in [7, 11) is 0. The van der Waals surface area contributed by atoms with Crippen LogP contribution in [0.5, 0.6) is 0 Å². The van der Waals surface area contributed by atoms with Crippen LogP contribution < -0.4 is 10.2 Å². The summed E-state index contributed by atoms with van der Waals surface area (Å²) < 4.78 is 0. The molecule has 2 amide bonds. The molecule has 1 unspecified atom stereocenters. The van der Waals surface area contributed by atoms with Gasteiger partial charge in [-0.3, -0.25) is 9.59 Å². The average Bonchev–Trinajstić information content (AvgIpc) is 2.88. The van der Waals surface area contributed by atoms with Gasteiger partial charge in [-0.2, -0.15) is 0 Å². The van der Waals surface area contributed by atoms with Crippen LogP contribution in [0.1, 0.15) is 17.5 Å². The second-order valence-corrected chi connectivity index (χ2v) is 6.10. The molecule has 0 aliphatic carbocycles. The fourth-order valence-electron chi connectivity index (χ4n) is 2.81. The summed E-state index contributed by atoms with van der Waals surface area (Å²) in [5, 5.41) is 11.8. The molecule has 2 N–H and O–H groups in total. The first kappa shape index (κ1) is 17.4. The Hall–Kier alpha value is -3.41. The van der Waals surface area contributed by atoms with Crippen molar-refractivity contribution in [2.75, 3.05) is 10.2 Å². The van der Waals surface area contributed by atoms with Gasteiger partial charge in [0.05, 0.1) is 12.1 Å². The van der Waals surface area contributed by atoms with Crippen molar-refractivity contribution < 1.29 is 19.5 Å². The zero-order chi connectivity index (χ0) is 18.7. The topological polar surface area (TPSA) is 86.7 Å². The molecule has 6 nitrogen and oxygen atoms in total. The highest BCUT2D eigenvalue weighted by molar-refractivity contribution is 6.23. The lowest BCUT2D eigenvalue weighted by atomic mass is 10.1. The molecule has 1 atom stereocenters. The molecular formula is C20H18N2O4. The zero-order valence-electron chi connectivity index (χ0n) is 14.2. The molecule has 0 aromatic heterocycles. The van der Waals surface area contributed by atoms with Crippen LogP contribution in [0.2, 0.25) is 0 Å². The second-order valence-electron chi connectivity index (χ2n) is 6.10. The Balaban J connectivity index is 1.76. The van der Waals surface area contributed by atoms with E-state index in [1.54, 1.807) is 36.4 Å². The van der Waals surface area contributed by atoms with Crippen LogP contribution in [0.15, 0.2) is 54.6 Å². The number of hydrogen-bond acceptors (Lipinski definition) is 4. The molecule has 1 fully saturated rings. The number of amides is 2. The van der Waals surface area contributed by atoms with Crippen molar-refractivity contribution in [1.29, 1.82) is 0 Å². The largest absolute Gasteiger partial charge is 0.478 e. The number of imide groups is 1. The van der Waals surface area contributed by atoms with Gasteiger partial charge in [-0.1, -0.05) is 29.8 Å². The van der Waals surface area contributed by atoms with Crippen LogP contribution in [0, 0.1) is 6.92 Å². The Labute approximate surface area is 150 Å². The molecule has 26 heavy (non-hydrogen) atoms. The third-order valence-corrected chi connectivity index (χ3v) is 4.08. The van der Waals surface area contributed by atoms with E-state index in [0.717, 1.165) is 11.6 Å². The lowest BCUT2D eigenvalue weighted by molar-refractivity contribution is -0.131. The first-order valence-electron chi connectivity index (χ1n) is 8.15. The molecule has 1 saturated heterocycles. The summed E-state index contributed by atoms with van der Waals surface area (Å²) >= 11 is 0. The van der Waals surface area contributed by atoms with Crippen molar-refractivity contribution in [2.24, 2.45) is 0 Å². The van der Waals surface area contributed by atoms with E-state index >= 15 is 0 Å². The summed E-state index contributed by atoms with van der Waals surface area (Å²) in [4.78, 5) is 36.8. The van der Waals surface area contributed by atoms with Crippen LogP contribution in [0.4, 0.5) is 11.4 Å². The SMILES string of the molecule is Cc1ccc(N2C(=O)CC(Nc3cccc(/C=C/C(=O)O)c3)C2=O)cc1. The van der Waals surface area contributed by atoms with E-state index in [1.165, 1.54) is 11.0 Å². The van der Waals surface area contributed by atoms with E-state index in [2.05, 4.69) is 5.32 Å². The highest BCUT2D eigenvalue weighted by atomic mass is 16.4. The first-order valence-corrected chi connectivity index (χ1v) is 8.15. The van der Waals surface area contributed by atoms with E-state index in [0.29, 0.717) is 16.9 Å². The fraction of sp³-hybridized carbons (Fsp3) is 0.150. The minimum Gasteiger partial charge on any atom is -0.478 e. The quantitative estimate of drug-likeness (QED) is 0.640. The van der Waals surface area contributed by atoms with Crippen LogP contribution >= 0.6 is 0 Å². The fourth-order valence-corrected chi connectivity index (χ4v) is 2.81. The summed E-state index contributed by atoms with van der Waals surface area (Å²) in [6.45, 7) is 1.94. The summed E-state index contributed by atoms with van der Waals surface area (Å²) in [5.74, 6) is -1.59. The zero-order valence-corrected chi connectivity index (χ0v) is 14.2. The minimum absolute atomic E-state index is 0.0713. The smallest absolute Gasteiger partial charge is 0.328 e. The number of carboxylic acid groups (broad SMARTS) is 1. The third kappa shape index (κ3) is 3.80. The number of aliphatic carboxylic acids is 1. The number of benzene rings is 2. The van der Waals surface area contributed by atoms with Gasteiger partial charge in [-0.25, -0.2) is 9.69 Å². The van der Waals surface area contributed by atoms with Crippen LogP contribution in [-0.4, -0.2) is 28.9 Å². The minimum atomic E-state index is -1.03. The van der Waals surface area contributed by atoms with Gasteiger partial charge in [0.1, 0.15) is 6.04 Å². The van der Waals surface area contributed by atoms with Gasteiger partial charge in [0.15, 0.2) is 0 Å². The number of nitrogens with one attached hydrogen (secondary N) is 1. The van der Waals surface area contributed by atoms with Crippen molar-refractivity contribution in [3.63, 3.8) is 0 Å². The first-order chi connectivity index (χ1) is 12.4. The van der Waals surface area contributed by atoms with E-state index < -0.39 is 12.0 Å². The summed E-state index contributed by atoms with van der Waals surface area (Å²) in [6, 6.07) is 13.6. The maximum absolute atomic E-state index is 12.7. The Morgan fingerprint density at radius 3 is 2.62 bits per heavy atom. The summed E-state index contributed by atoms with van der Waals surface area (Å²) in [6.07, 6.45) is 2.58. The Morgan fingerprint density at radius 2 is 1.92 bits per heavy atom. The number of anilines is 2. The van der Waals surface area contributed by atoms with E-state index in [4.69, 9.17) is 5.11 Å². The Morgan fingerprint density at radius 1 is 1.19 bits per heavy atom. The molecule has 0 radical (unpaired) electrons. The van der Waals surface area contributed by atoms with Crippen molar-refractivity contribution in [3.8, 4) is 0 Å². The molecular weight excluding hydrogens is 332 g/mol. The normalized spacial score (nSPS) is 17.1. The second kappa shape index (κ2) is 7.23. The molecule has 0 bridgehead atoms. The molecule has 2 aromatic carbocycles. The van der Waals surface area contributed by atoms with Crippen molar-refractivity contribution in [2.45, 2.75) is 19.4 Å². The van der Waals surface area contributed by atoms with E-state index in [-0.39, 0.29) is 18.2 Å². The number of aryl methyl sites for hydroxylation is 1. The van der Waals surface area contributed by atoms with Gasteiger partial charge < -0.3 is 10.4 Å². The van der Waals surface area contributed by atoms with Crippen molar-refractivity contribution in [3.05, 3.63) is 65.7 Å². The van der Waals surface area contributed by atoms with Gasteiger partial charge in [-0.15, -0.1) is 0 Å². The maximum atomic E-state index is 12.7. The van der Waals surface area contributed by atoms with Crippen LogP contribution in [0.25, 0.3) is 6.08 Å². The molecule has 0 spiro atoms. The van der Waals surface area contributed by atoms with Crippen LogP contribution in [-0.2, 0) is 14.4 Å². The number of rotatable bonds is 5. The predicted octanol–water partition coefficient (Wildman–Crippen LogP) is 2.84. The predicted molar refractivity (Wildman–Crippen MR) is 98.8 cm³/mol. The summed E-state index contributed by atoms with van der Waals surface area (Å²) in [5.41, 5.74) is 2.95. The van der Waals surface area contributed by atoms with Crippen molar-refractivity contribution >= 4 is 35.2 Å². The monoisotopic (exact) mass is 350 g/mol. The number of nitrogens with zero attached hydrogens (tertiary/aromatic N) is 1. The third-order valence-electron chi connectivity index (χ3n) is 4.08. The average molecular weight is 350 g/mol. The highest BCUT2D eigenvalue weighted by Crippen LogP contribution is 2.25. The lowest BCUT2D eigenvalue weighted by Gasteiger charge is -2.16. The van der Waals surface area contributed by atoms with Crippen LogP contribution in [0.3, 0.4) is 0 Å². The van der Waals surface area contributed by atoms with Gasteiger partial charge >= 0.3 is 5.97 Å². The highest BCUT2D eigenvalue weighted by Gasteiger charge is 2.39. The van der Waals surface area contributed by atoms with Gasteiger partial charge in [0.25, 0.3) is 5.91 Å². The number of carbonyl (C=O) groups excluding carboxylic acids is 2. The number of carbonyl (C=O) groups is 3. The molecule has 0 saturated carbocycles. The van der Waals surface area contributed by atoms with Crippen molar-refractivity contribution in [1.82, 2.24) is 0 Å². The molecule has 1 heterocycles. The van der Waals surface area contributed by atoms with Gasteiger partial charge in [-0.05, 0) is 42.8 Å². The van der Waals surface area contributed by atoms with Gasteiger partial charge in [0.2, 0.25) is 5.91 Å². The van der Waals surface area contributed by atoms with E-state index in [9.17, 15) is 14.4 Å². The molecule has 1 aliphatic heterocycles. The number of carboxylic acids is 1. The molecule has 3 rings (SSSR count). The maximum Gasteiger partial charge on any atom is 0.328 e. The molecule has 132 valence electrons. The molecule has 1 aliphatic rings. The number of hydrogen-bond donors (Lipinski definition) is 2. The lowest BCUT2D eigenvalue weighted by Crippen LogP contribution is -2.34. The molecule has 6 heteroatoms. The molecule has 2 aromatic rings. The Bertz CT molecular complexity index is 887.